The van der Waals surface area contributed by atoms with Gasteiger partial charge in [0.25, 0.3) is 0 Å². The van der Waals surface area contributed by atoms with E-state index >= 15 is 0 Å². The molecular formula is C26H25NO4. The molecule has 5 heteroatoms. The van der Waals surface area contributed by atoms with Crippen LogP contribution in [-0.4, -0.2) is 27.2 Å². The van der Waals surface area contributed by atoms with Crippen molar-refractivity contribution in [2.24, 2.45) is 0 Å². The van der Waals surface area contributed by atoms with E-state index < -0.39 is 0 Å². The van der Waals surface area contributed by atoms with Crippen LogP contribution in [0.25, 0.3) is 18.2 Å². The van der Waals surface area contributed by atoms with Crippen LogP contribution >= 0.6 is 0 Å². The number of hydrogen-bond donors (Lipinski definition) is 1. The highest BCUT2D eigenvalue weighted by Gasteiger charge is 2.12. The van der Waals surface area contributed by atoms with Crippen molar-refractivity contribution in [3.05, 3.63) is 89.5 Å². The number of benzene rings is 3. The molecule has 0 saturated carbocycles. The lowest BCUT2D eigenvalue weighted by Gasteiger charge is -2.12. The molecular weight excluding hydrogens is 390 g/mol. The van der Waals surface area contributed by atoms with E-state index in [1.807, 2.05) is 78.9 Å². The Kier molecular flexibility index (Phi) is 7.49. The minimum Gasteiger partial charge on any atom is -0.493 e. The van der Waals surface area contributed by atoms with E-state index in [-0.39, 0.29) is 5.91 Å². The molecule has 3 rings (SSSR count). The average molecular weight is 415 g/mol. The monoisotopic (exact) mass is 415 g/mol. The standard InChI is InChI=1S/C26H25NO4/c1-29-23-17-21(18-24(30-2)26(23)31-3)13-12-20-10-7-11-22(16-20)27-25(28)15-14-19-8-5-4-6-9-19/h4-18H,1-3H3,(H,27,28). The first kappa shape index (κ1) is 21.7. The molecule has 0 aliphatic heterocycles. The minimum absolute atomic E-state index is 0.186. The van der Waals surface area contributed by atoms with Gasteiger partial charge in [-0.1, -0.05) is 54.6 Å². The third kappa shape index (κ3) is 6.00. The Morgan fingerprint density at radius 1 is 0.710 bits per heavy atom. The molecule has 0 bridgehead atoms. The van der Waals surface area contributed by atoms with E-state index in [1.165, 1.54) is 6.08 Å². The molecule has 1 amide bonds. The number of anilines is 1. The van der Waals surface area contributed by atoms with Crippen molar-refractivity contribution in [3.63, 3.8) is 0 Å². The number of nitrogens with one attached hydrogen (secondary N) is 1. The van der Waals surface area contributed by atoms with Crippen LogP contribution in [0.15, 0.2) is 72.8 Å². The summed E-state index contributed by atoms with van der Waals surface area (Å²) >= 11 is 0. The molecule has 0 heterocycles. The second kappa shape index (κ2) is 10.7. The molecule has 0 atom stereocenters. The first-order valence-electron chi connectivity index (χ1n) is 9.75. The Bertz CT molecular complexity index is 1060. The minimum atomic E-state index is -0.186. The van der Waals surface area contributed by atoms with E-state index in [4.69, 9.17) is 14.2 Å². The molecule has 0 saturated heterocycles. The molecule has 0 radical (unpaired) electrons. The summed E-state index contributed by atoms with van der Waals surface area (Å²) in [4.78, 5) is 12.2. The molecule has 0 spiro atoms. The topological polar surface area (TPSA) is 56.8 Å². The lowest BCUT2D eigenvalue weighted by atomic mass is 10.1. The fourth-order valence-electron chi connectivity index (χ4n) is 3.03. The molecule has 0 aliphatic carbocycles. The summed E-state index contributed by atoms with van der Waals surface area (Å²) < 4.78 is 16.1. The molecule has 0 aliphatic rings. The van der Waals surface area contributed by atoms with Crippen LogP contribution in [0.4, 0.5) is 5.69 Å². The molecule has 0 unspecified atom stereocenters. The number of ether oxygens (including phenoxy) is 3. The van der Waals surface area contributed by atoms with Crippen LogP contribution in [0.2, 0.25) is 0 Å². The highest BCUT2D eigenvalue weighted by atomic mass is 16.5. The number of methoxy groups -OCH3 is 3. The van der Waals surface area contributed by atoms with Gasteiger partial charge in [-0.05, 0) is 47.0 Å². The fourth-order valence-corrected chi connectivity index (χ4v) is 3.03. The zero-order chi connectivity index (χ0) is 22.1. The van der Waals surface area contributed by atoms with Gasteiger partial charge in [-0.2, -0.15) is 0 Å². The summed E-state index contributed by atoms with van der Waals surface area (Å²) in [6.07, 6.45) is 7.20. The molecule has 1 N–H and O–H groups in total. The zero-order valence-corrected chi connectivity index (χ0v) is 17.8. The average Bonchev–Trinajstić information content (AvgIpc) is 2.81. The van der Waals surface area contributed by atoms with Gasteiger partial charge in [-0.3, -0.25) is 4.79 Å². The molecule has 31 heavy (non-hydrogen) atoms. The maximum absolute atomic E-state index is 12.2. The van der Waals surface area contributed by atoms with Crippen LogP contribution in [0, 0.1) is 0 Å². The number of hydrogen-bond acceptors (Lipinski definition) is 4. The largest absolute Gasteiger partial charge is 0.493 e. The maximum atomic E-state index is 12.2. The predicted molar refractivity (Wildman–Crippen MR) is 126 cm³/mol. The van der Waals surface area contributed by atoms with Crippen LogP contribution < -0.4 is 19.5 Å². The Labute approximate surface area is 182 Å². The predicted octanol–water partition coefficient (Wildman–Crippen LogP) is 5.53. The van der Waals surface area contributed by atoms with Crippen molar-refractivity contribution in [1.29, 1.82) is 0 Å². The van der Waals surface area contributed by atoms with Crippen LogP contribution in [0.5, 0.6) is 17.2 Å². The van der Waals surface area contributed by atoms with Gasteiger partial charge in [0.2, 0.25) is 11.7 Å². The Morgan fingerprint density at radius 3 is 2.00 bits per heavy atom. The summed E-state index contributed by atoms with van der Waals surface area (Å²) in [5.74, 6) is 1.55. The van der Waals surface area contributed by atoms with Gasteiger partial charge in [0.1, 0.15) is 0 Å². The molecule has 3 aromatic rings. The lowest BCUT2D eigenvalue weighted by molar-refractivity contribution is -0.111. The first-order chi connectivity index (χ1) is 15.1. The SMILES string of the molecule is COc1cc(C=Cc2cccc(NC(=O)C=Cc3ccccc3)c2)cc(OC)c1OC. The summed E-state index contributed by atoms with van der Waals surface area (Å²) in [6, 6.07) is 21.0. The van der Waals surface area contributed by atoms with Crippen molar-refractivity contribution < 1.29 is 19.0 Å². The molecule has 158 valence electrons. The van der Waals surface area contributed by atoms with Gasteiger partial charge in [0, 0.05) is 11.8 Å². The van der Waals surface area contributed by atoms with Gasteiger partial charge in [0.05, 0.1) is 21.3 Å². The van der Waals surface area contributed by atoms with E-state index in [9.17, 15) is 4.79 Å². The van der Waals surface area contributed by atoms with Gasteiger partial charge in [0.15, 0.2) is 11.5 Å². The summed E-state index contributed by atoms with van der Waals surface area (Å²) in [5, 5.41) is 2.89. The second-order valence-electron chi connectivity index (χ2n) is 6.65. The van der Waals surface area contributed by atoms with Crippen molar-refractivity contribution in [2.75, 3.05) is 26.6 Å². The number of rotatable bonds is 8. The Morgan fingerprint density at radius 2 is 1.35 bits per heavy atom. The third-order valence-electron chi connectivity index (χ3n) is 4.54. The van der Waals surface area contributed by atoms with Crippen molar-refractivity contribution >= 4 is 29.8 Å². The van der Waals surface area contributed by atoms with E-state index in [1.54, 1.807) is 27.4 Å². The highest BCUT2D eigenvalue weighted by molar-refractivity contribution is 6.02. The zero-order valence-electron chi connectivity index (χ0n) is 17.8. The third-order valence-corrected chi connectivity index (χ3v) is 4.54. The normalized spacial score (nSPS) is 10.9. The van der Waals surface area contributed by atoms with Crippen molar-refractivity contribution in [1.82, 2.24) is 0 Å². The smallest absolute Gasteiger partial charge is 0.248 e. The number of amides is 1. The number of carbonyl (C=O) groups is 1. The first-order valence-corrected chi connectivity index (χ1v) is 9.75. The van der Waals surface area contributed by atoms with Gasteiger partial charge in [-0.25, -0.2) is 0 Å². The second-order valence-corrected chi connectivity index (χ2v) is 6.65. The van der Waals surface area contributed by atoms with Crippen LogP contribution in [0.3, 0.4) is 0 Å². The van der Waals surface area contributed by atoms with Gasteiger partial charge < -0.3 is 19.5 Å². The maximum Gasteiger partial charge on any atom is 0.248 e. The van der Waals surface area contributed by atoms with Gasteiger partial charge >= 0.3 is 0 Å². The molecule has 3 aromatic carbocycles. The highest BCUT2D eigenvalue weighted by Crippen LogP contribution is 2.38. The Balaban J connectivity index is 1.72. The van der Waals surface area contributed by atoms with Crippen molar-refractivity contribution in [2.45, 2.75) is 0 Å². The number of carbonyl (C=O) groups excluding carboxylic acids is 1. The van der Waals surface area contributed by atoms with Crippen molar-refractivity contribution in [3.8, 4) is 17.2 Å². The fraction of sp³-hybridized carbons (Fsp3) is 0.115. The van der Waals surface area contributed by atoms with Crippen LogP contribution in [0.1, 0.15) is 16.7 Å². The summed E-state index contributed by atoms with van der Waals surface area (Å²) in [5.41, 5.74) is 3.53. The lowest BCUT2D eigenvalue weighted by Crippen LogP contribution is -2.07. The van der Waals surface area contributed by atoms with Gasteiger partial charge in [-0.15, -0.1) is 0 Å². The Hall–Kier alpha value is -3.99. The molecule has 0 aromatic heterocycles. The van der Waals surface area contributed by atoms with E-state index in [0.717, 1.165) is 22.4 Å². The quantitative estimate of drug-likeness (QED) is 0.388. The van der Waals surface area contributed by atoms with E-state index in [2.05, 4.69) is 5.32 Å². The molecule has 0 fully saturated rings. The van der Waals surface area contributed by atoms with Crippen LogP contribution in [-0.2, 0) is 4.79 Å². The summed E-state index contributed by atoms with van der Waals surface area (Å²) in [6.45, 7) is 0. The summed E-state index contributed by atoms with van der Waals surface area (Å²) in [7, 11) is 4.75. The van der Waals surface area contributed by atoms with E-state index in [0.29, 0.717) is 17.2 Å². The molecule has 5 nitrogen and oxygen atoms in total.